The SMILES string of the molecule is NC(=O)c1c(NC(=O)COC(=O)c2cccc(O)c2)sc2c1CCCC2. The van der Waals surface area contributed by atoms with E-state index in [1.807, 2.05) is 0 Å². The van der Waals surface area contributed by atoms with E-state index in [4.69, 9.17) is 10.5 Å². The largest absolute Gasteiger partial charge is 0.508 e. The maximum Gasteiger partial charge on any atom is 0.338 e. The van der Waals surface area contributed by atoms with E-state index in [1.54, 1.807) is 0 Å². The van der Waals surface area contributed by atoms with Gasteiger partial charge in [0.15, 0.2) is 6.61 Å². The van der Waals surface area contributed by atoms with Gasteiger partial charge in [-0.1, -0.05) is 6.07 Å². The summed E-state index contributed by atoms with van der Waals surface area (Å²) in [6.45, 7) is -0.505. The summed E-state index contributed by atoms with van der Waals surface area (Å²) in [5.74, 6) is -1.92. The molecule has 0 saturated carbocycles. The zero-order valence-electron chi connectivity index (χ0n) is 13.9. The number of aromatic hydroxyl groups is 1. The van der Waals surface area contributed by atoms with Crippen LogP contribution in [0.1, 0.15) is 44.0 Å². The van der Waals surface area contributed by atoms with Crippen molar-refractivity contribution >= 4 is 34.1 Å². The number of nitrogens with two attached hydrogens (primary N) is 1. The van der Waals surface area contributed by atoms with E-state index in [9.17, 15) is 19.5 Å². The van der Waals surface area contributed by atoms with Crippen molar-refractivity contribution in [3.8, 4) is 5.75 Å². The molecule has 1 aliphatic rings. The number of esters is 1. The van der Waals surface area contributed by atoms with Gasteiger partial charge in [-0.15, -0.1) is 11.3 Å². The number of rotatable bonds is 5. The van der Waals surface area contributed by atoms with E-state index in [2.05, 4.69) is 5.32 Å². The summed E-state index contributed by atoms with van der Waals surface area (Å²) in [6.07, 6.45) is 3.66. The molecule has 4 N–H and O–H groups in total. The van der Waals surface area contributed by atoms with Crippen LogP contribution in [0.4, 0.5) is 5.00 Å². The van der Waals surface area contributed by atoms with Gasteiger partial charge >= 0.3 is 5.97 Å². The smallest absolute Gasteiger partial charge is 0.338 e. The normalized spacial score (nSPS) is 12.9. The molecule has 1 aromatic heterocycles. The van der Waals surface area contributed by atoms with Crippen LogP contribution in [-0.2, 0) is 22.4 Å². The van der Waals surface area contributed by atoms with Crippen molar-refractivity contribution < 1.29 is 24.2 Å². The number of hydrogen-bond donors (Lipinski definition) is 3. The molecule has 26 heavy (non-hydrogen) atoms. The topological polar surface area (TPSA) is 119 Å². The van der Waals surface area contributed by atoms with E-state index in [-0.39, 0.29) is 11.3 Å². The summed E-state index contributed by atoms with van der Waals surface area (Å²) in [7, 11) is 0. The maximum atomic E-state index is 12.1. The van der Waals surface area contributed by atoms with Crippen molar-refractivity contribution in [3.05, 3.63) is 45.8 Å². The molecule has 2 aromatic rings. The molecular formula is C18H18N2O5S. The van der Waals surface area contributed by atoms with Gasteiger partial charge < -0.3 is 20.9 Å². The van der Waals surface area contributed by atoms with Gasteiger partial charge in [0.2, 0.25) is 0 Å². The highest BCUT2D eigenvalue weighted by molar-refractivity contribution is 7.17. The van der Waals surface area contributed by atoms with Crippen LogP contribution < -0.4 is 11.1 Å². The number of fused-ring (bicyclic) bond motifs is 1. The quantitative estimate of drug-likeness (QED) is 0.694. The lowest BCUT2D eigenvalue weighted by Crippen LogP contribution is -2.23. The predicted molar refractivity (Wildman–Crippen MR) is 96.5 cm³/mol. The monoisotopic (exact) mass is 374 g/mol. The van der Waals surface area contributed by atoms with Crippen LogP contribution in [0.5, 0.6) is 5.75 Å². The lowest BCUT2D eigenvalue weighted by molar-refractivity contribution is -0.119. The Morgan fingerprint density at radius 2 is 2.00 bits per heavy atom. The van der Waals surface area contributed by atoms with Gasteiger partial charge in [0.25, 0.3) is 11.8 Å². The Labute approximate surface area is 153 Å². The Bertz CT molecular complexity index is 874. The number of anilines is 1. The van der Waals surface area contributed by atoms with Gasteiger partial charge in [-0.25, -0.2) is 4.79 Å². The van der Waals surface area contributed by atoms with E-state index >= 15 is 0 Å². The van der Waals surface area contributed by atoms with Gasteiger partial charge in [-0.2, -0.15) is 0 Å². The highest BCUT2D eigenvalue weighted by atomic mass is 32.1. The molecule has 1 aromatic carbocycles. The molecule has 0 unspecified atom stereocenters. The summed E-state index contributed by atoms with van der Waals surface area (Å²) >= 11 is 1.34. The van der Waals surface area contributed by atoms with Crippen LogP contribution in [0.15, 0.2) is 24.3 Å². The lowest BCUT2D eigenvalue weighted by Gasteiger charge is -2.11. The van der Waals surface area contributed by atoms with Gasteiger partial charge in [0.1, 0.15) is 10.8 Å². The number of aryl methyl sites for hydroxylation is 1. The number of thiophene rings is 1. The van der Waals surface area contributed by atoms with Gasteiger partial charge in [-0.3, -0.25) is 9.59 Å². The second-order valence-corrected chi connectivity index (χ2v) is 7.06. The standard InChI is InChI=1S/C18H18N2O5S/c19-16(23)15-12-6-1-2-7-13(12)26-17(15)20-14(22)9-25-18(24)10-4-3-5-11(21)8-10/h3-5,8,21H,1-2,6-7,9H2,(H2,19,23)(H,20,22). The average molecular weight is 374 g/mol. The minimum atomic E-state index is -0.725. The molecule has 2 amide bonds. The minimum Gasteiger partial charge on any atom is -0.508 e. The van der Waals surface area contributed by atoms with Crippen molar-refractivity contribution in [1.29, 1.82) is 0 Å². The molecule has 8 heteroatoms. The molecule has 7 nitrogen and oxygen atoms in total. The minimum absolute atomic E-state index is 0.0702. The lowest BCUT2D eigenvalue weighted by atomic mass is 9.95. The molecule has 3 rings (SSSR count). The number of phenolic OH excluding ortho intramolecular Hbond substituents is 1. The third kappa shape index (κ3) is 3.85. The molecule has 136 valence electrons. The number of nitrogens with one attached hydrogen (secondary N) is 1. The zero-order valence-corrected chi connectivity index (χ0v) is 14.7. The van der Waals surface area contributed by atoms with E-state index in [0.717, 1.165) is 36.1 Å². The molecule has 1 aliphatic carbocycles. The van der Waals surface area contributed by atoms with E-state index < -0.39 is 24.4 Å². The van der Waals surface area contributed by atoms with Gasteiger partial charge in [0.05, 0.1) is 11.1 Å². The van der Waals surface area contributed by atoms with Crippen LogP contribution >= 0.6 is 11.3 Å². The summed E-state index contributed by atoms with van der Waals surface area (Å²) in [5, 5.41) is 12.4. The Hall–Kier alpha value is -2.87. The average Bonchev–Trinajstić information content (AvgIpc) is 2.97. The molecule has 1 heterocycles. The predicted octanol–water partition coefficient (Wildman–Crippen LogP) is 2.23. The fourth-order valence-electron chi connectivity index (χ4n) is 2.92. The van der Waals surface area contributed by atoms with Crippen LogP contribution in [0.25, 0.3) is 0 Å². The van der Waals surface area contributed by atoms with Crippen LogP contribution in [0.3, 0.4) is 0 Å². The summed E-state index contributed by atoms with van der Waals surface area (Å²) in [4.78, 5) is 36.9. The number of primary amides is 1. The Morgan fingerprint density at radius 1 is 1.23 bits per heavy atom. The van der Waals surface area contributed by atoms with Gasteiger partial charge in [0, 0.05) is 4.88 Å². The summed E-state index contributed by atoms with van der Waals surface area (Å²) in [6, 6.07) is 5.64. The van der Waals surface area contributed by atoms with Crippen LogP contribution in [0.2, 0.25) is 0 Å². The highest BCUT2D eigenvalue weighted by Crippen LogP contribution is 2.37. The van der Waals surface area contributed by atoms with Crippen molar-refractivity contribution in [2.75, 3.05) is 11.9 Å². The van der Waals surface area contributed by atoms with E-state index in [1.165, 1.54) is 35.6 Å². The first-order valence-corrected chi connectivity index (χ1v) is 8.97. The van der Waals surface area contributed by atoms with Crippen molar-refractivity contribution in [2.24, 2.45) is 5.73 Å². The van der Waals surface area contributed by atoms with E-state index in [0.29, 0.717) is 10.6 Å². The third-order valence-electron chi connectivity index (χ3n) is 4.09. The third-order valence-corrected chi connectivity index (χ3v) is 5.29. The molecular weight excluding hydrogens is 356 g/mol. The van der Waals surface area contributed by atoms with Crippen LogP contribution in [0, 0.1) is 0 Å². The number of carbonyl (C=O) groups is 3. The number of benzene rings is 1. The number of ether oxygens (including phenoxy) is 1. The number of carbonyl (C=O) groups excluding carboxylic acids is 3. The van der Waals surface area contributed by atoms with Crippen molar-refractivity contribution in [3.63, 3.8) is 0 Å². The molecule has 0 aliphatic heterocycles. The Balaban J connectivity index is 1.66. The molecule has 0 atom stereocenters. The second-order valence-electron chi connectivity index (χ2n) is 5.95. The first kappa shape index (κ1) is 17.9. The van der Waals surface area contributed by atoms with Crippen LogP contribution in [-0.4, -0.2) is 29.5 Å². The van der Waals surface area contributed by atoms with Gasteiger partial charge in [-0.05, 0) is 49.4 Å². The molecule has 0 radical (unpaired) electrons. The molecule has 0 saturated heterocycles. The summed E-state index contributed by atoms with van der Waals surface area (Å²) in [5.41, 5.74) is 6.90. The highest BCUT2D eigenvalue weighted by Gasteiger charge is 2.25. The Morgan fingerprint density at radius 3 is 2.73 bits per heavy atom. The number of amides is 2. The Kier molecular flexibility index (Phi) is 5.22. The summed E-state index contributed by atoms with van der Waals surface area (Å²) < 4.78 is 4.95. The second kappa shape index (κ2) is 7.57. The van der Waals surface area contributed by atoms with Crippen molar-refractivity contribution in [2.45, 2.75) is 25.7 Å². The maximum absolute atomic E-state index is 12.1. The number of phenols is 1. The first-order chi connectivity index (χ1) is 12.5. The first-order valence-electron chi connectivity index (χ1n) is 8.16. The zero-order chi connectivity index (χ0) is 18.7. The fraction of sp³-hybridized carbons (Fsp3) is 0.278. The molecule has 0 bridgehead atoms. The fourth-order valence-corrected chi connectivity index (χ4v) is 4.24. The molecule has 0 fully saturated rings. The molecule has 0 spiro atoms. The number of hydrogen-bond acceptors (Lipinski definition) is 6. The van der Waals surface area contributed by atoms with Crippen molar-refractivity contribution in [1.82, 2.24) is 0 Å².